The summed E-state index contributed by atoms with van der Waals surface area (Å²) in [7, 11) is 0. The summed E-state index contributed by atoms with van der Waals surface area (Å²) in [5.74, 6) is 0.830. The highest BCUT2D eigenvalue weighted by Gasteiger charge is 2.19. The summed E-state index contributed by atoms with van der Waals surface area (Å²) in [5, 5.41) is 3.05. The molecule has 5 heteroatoms. The molecule has 0 spiro atoms. The Kier molecular flexibility index (Phi) is 5.86. The highest BCUT2D eigenvalue weighted by molar-refractivity contribution is 9.10. The lowest BCUT2D eigenvalue weighted by atomic mass is 9.92. The molecule has 20 heavy (non-hydrogen) atoms. The molecular formula is C15H21BrN2O2. The van der Waals surface area contributed by atoms with E-state index in [-0.39, 0.29) is 11.9 Å². The third-order valence-electron chi connectivity index (χ3n) is 3.53. The minimum absolute atomic E-state index is 0.0560. The Morgan fingerprint density at radius 3 is 2.80 bits per heavy atom. The lowest BCUT2D eigenvalue weighted by Crippen LogP contribution is -2.40. The van der Waals surface area contributed by atoms with E-state index < -0.39 is 0 Å². The largest absolute Gasteiger partial charge is 0.493 e. The number of carbonyl (C=O) groups is 1. The maximum Gasteiger partial charge on any atom is 0.223 e. The average Bonchev–Trinajstić information content (AvgIpc) is 2.41. The number of rotatable bonds is 5. The van der Waals surface area contributed by atoms with E-state index in [1.54, 1.807) is 0 Å². The van der Waals surface area contributed by atoms with E-state index in [0.717, 1.165) is 35.9 Å². The van der Waals surface area contributed by atoms with Crippen molar-refractivity contribution in [1.29, 1.82) is 0 Å². The van der Waals surface area contributed by atoms with Crippen molar-refractivity contribution in [3.05, 3.63) is 28.7 Å². The lowest BCUT2D eigenvalue weighted by molar-refractivity contribution is -0.122. The first-order valence-electron chi connectivity index (χ1n) is 7.07. The topological polar surface area (TPSA) is 64.3 Å². The van der Waals surface area contributed by atoms with Crippen LogP contribution < -0.4 is 15.8 Å². The molecule has 0 aromatic heterocycles. The standard InChI is InChI=1S/C15H21BrN2O2/c16-11-2-1-3-14(10-11)20-9-8-15(19)18-13-6-4-12(17)5-7-13/h1-3,10,12-13H,4-9,17H2,(H,18,19). The van der Waals surface area contributed by atoms with E-state index >= 15 is 0 Å². The molecule has 1 aromatic rings. The number of nitrogens with one attached hydrogen (secondary N) is 1. The summed E-state index contributed by atoms with van der Waals surface area (Å²) in [4.78, 5) is 11.8. The van der Waals surface area contributed by atoms with Gasteiger partial charge >= 0.3 is 0 Å². The quantitative estimate of drug-likeness (QED) is 0.865. The Morgan fingerprint density at radius 1 is 1.35 bits per heavy atom. The Labute approximate surface area is 128 Å². The van der Waals surface area contributed by atoms with Gasteiger partial charge in [-0.1, -0.05) is 22.0 Å². The van der Waals surface area contributed by atoms with Crippen LogP contribution in [0.5, 0.6) is 5.75 Å². The molecular weight excluding hydrogens is 320 g/mol. The van der Waals surface area contributed by atoms with Gasteiger partial charge in [0.2, 0.25) is 5.91 Å². The van der Waals surface area contributed by atoms with Crippen molar-refractivity contribution < 1.29 is 9.53 Å². The fourth-order valence-electron chi connectivity index (χ4n) is 2.38. The van der Waals surface area contributed by atoms with Gasteiger partial charge < -0.3 is 15.8 Å². The number of hydrogen-bond donors (Lipinski definition) is 2. The SMILES string of the molecule is NC1CCC(NC(=O)CCOc2cccc(Br)c2)CC1. The molecule has 0 bridgehead atoms. The number of hydrogen-bond acceptors (Lipinski definition) is 3. The van der Waals surface area contributed by atoms with Gasteiger partial charge in [-0.05, 0) is 43.9 Å². The molecule has 1 fully saturated rings. The van der Waals surface area contributed by atoms with Crippen molar-refractivity contribution in [2.45, 2.75) is 44.2 Å². The number of carbonyl (C=O) groups excluding carboxylic acids is 1. The van der Waals surface area contributed by atoms with Crippen LogP contribution in [0.25, 0.3) is 0 Å². The number of nitrogens with two attached hydrogens (primary N) is 1. The maximum atomic E-state index is 11.8. The van der Waals surface area contributed by atoms with Crippen LogP contribution in [0.15, 0.2) is 28.7 Å². The van der Waals surface area contributed by atoms with Crippen molar-refractivity contribution in [2.75, 3.05) is 6.61 Å². The Balaban J connectivity index is 1.65. The first-order valence-corrected chi connectivity index (χ1v) is 7.86. The van der Waals surface area contributed by atoms with Crippen molar-refractivity contribution in [3.8, 4) is 5.75 Å². The van der Waals surface area contributed by atoms with Crippen LogP contribution in [0, 0.1) is 0 Å². The first-order chi connectivity index (χ1) is 9.63. The molecule has 0 saturated heterocycles. The van der Waals surface area contributed by atoms with Gasteiger partial charge in [-0.15, -0.1) is 0 Å². The van der Waals surface area contributed by atoms with Gasteiger partial charge in [0, 0.05) is 16.6 Å². The molecule has 1 aliphatic carbocycles. The molecule has 2 rings (SSSR count). The Hall–Kier alpha value is -1.07. The average molecular weight is 341 g/mol. The molecule has 3 N–H and O–H groups in total. The van der Waals surface area contributed by atoms with Crippen LogP contribution >= 0.6 is 15.9 Å². The highest BCUT2D eigenvalue weighted by Crippen LogP contribution is 2.18. The number of halogens is 1. The molecule has 0 atom stereocenters. The summed E-state index contributed by atoms with van der Waals surface area (Å²) in [6.45, 7) is 0.397. The molecule has 1 saturated carbocycles. The third-order valence-corrected chi connectivity index (χ3v) is 4.02. The summed E-state index contributed by atoms with van der Waals surface area (Å²) in [5.41, 5.74) is 5.85. The predicted molar refractivity (Wildman–Crippen MR) is 82.6 cm³/mol. The van der Waals surface area contributed by atoms with Crippen LogP contribution in [-0.4, -0.2) is 24.6 Å². The predicted octanol–water partition coefficient (Wildman–Crippen LogP) is 2.60. The normalized spacial score (nSPS) is 22.3. The van der Waals surface area contributed by atoms with Gasteiger partial charge in [-0.25, -0.2) is 0 Å². The van der Waals surface area contributed by atoms with Gasteiger partial charge in [0.1, 0.15) is 5.75 Å². The summed E-state index contributed by atoms with van der Waals surface area (Å²) >= 11 is 3.38. The number of benzene rings is 1. The molecule has 0 aliphatic heterocycles. The number of ether oxygens (including phenoxy) is 1. The van der Waals surface area contributed by atoms with Crippen LogP contribution in [0.3, 0.4) is 0 Å². The minimum Gasteiger partial charge on any atom is -0.493 e. The fourth-order valence-corrected chi connectivity index (χ4v) is 2.76. The fraction of sp³-hybridized carbons (Fsp3) is 0.533. The third kappa shape index (κ3) is 5.13. The highest BCUT2D eigenvalue weighted by atomic mass is 79.9. The van der Waals surface area contributed by atoms with E-state index in [1.165, 1.54) is 0 Å². The summed E-state index contributed by atoms with van der Waals surface area (Å²) in [6, 6.07) is 8.21. The molecule has 0 unspecified atom stereocenters. The van der Waals surface area contributed by atoms with Gasteiger partial charge in [-0.3, -0.25) is 4.79 Å². The van der Waals surface area contributed by atoms with Gasteiger partial charge in [0.15, 0.2) is 0 Å². The Morgan fingerprint density at radius 2 is 2.10 bits per heavy atom. The van der Waals surface area contributed by atoms with Crippen LogP contribution in [0.4, 0.5) is 0 Å². The molecule has 110 valence electrons. The van der Waals surface area contributed by atoms with Crippen molar-refractivity contribution in [2.24, 2.45) is 5.73 Å². The van der Waals surface area contributed by atoms with Gasteiger partial charge in [0.05, 0.1) is 13.0 Å². The van der Waals surface area contributed by atoms with Crippen LogP contribution in [0.2, 0.25) is 0 Å². The van der Waals surface area contributed by atoms with Crippen LogP contribution in [0.1, 0.15) is 32.1 Å². The van der Waals surface area contributed by atoms with E-state index in [4.69, 9.17) is 10.5 Å². The zero-order valence-corrected chi connectivity index (χ0v) is 13.1. The molecule has 1 aromatic carbocycles. The zero-order chi connectivity index (χ0) is 14.4. The van der Waals surface area contributed by atoms with E-state index in [1.807, 2.05) is 24.3 Å². The Bertz CT molecular complexity index is 445. The van der Waals surface area contributed by atoms with E-state index in [2.05, 4.69) is 21.2 Å². The second kappa shape index (κ2) is 7.64. The van der Waals surface area contributed by atoms with Gasteiger partial charge in [0.25, 0.3) is 0 Å². The molecule has 1 amide bonds. The monoisotopic (exact) mass is 340 g/mol. The van der Waals surface area contributed by atoms with Crippen molar-refractivity contribution in [3.63, 3.8) is 0 Å². The molecule has 0 heterocycles. The second-order valence-electron chi connectivity index (χ2n) is 5.24. The van der Waals surface area contributed by atoms with Crippen molar-refractivity contribution in [1.82, 2.24) is 5.32 Å². The van der Waals surface area contributed by atoms with Gasteiger partial charge in [-0.2, -0.15) is 0 Å². The first kappa shape index (κ1) is 15.3. The second-order valence-corrected chi connectivity index (χ2v) is 6.15. The molecule has 0 radical (unpaired) electrons. The molecule has 1 aliphatic rings. The van der Waals surface area contributed by atoms with Crippen LogP contribution in [-0.2, 0) is 4.79 Å². The smallest absolute Gasteiger partial charge is 0.223 e. The van der Waals surface area contributed by atoms with E-state index in [9.17, 15) is 4.79 Å². The molecule has 4 nitrogen and oxygen atoms in total. The number of amides is 1. The lowest BCUT2D eigenvalue weighted by Gasteiger charge is -2.26. The minimum atomic E-state index is 0.0560. The zero-order valence-electron chi connectivity index (χ0n) is 11.5. The summed E-state index contributed by atoms with van der Waals surface area (Å²) < 4.78 is 6.52. The summed E-state index contributed by atoms with van der Waals surface area (Å²) in [6.07, 6.45) is 4.35. The maximum absolute atomic E-state index is 11.8. The van der Waals surface area contributed by atoms with E-state index in [0.29, 0.717) is 19.1 Å². The van der Waals surface area contributed by atoms with Crippen molar-refractivity contribution >= 4 is 21.8 Å².